The van der Waals surface area contributed by atoms with Gasteiger partial charge < -0.3 is 5.73 Å². The fraction of sp³-hybridized carbons (Fsp3) is 1.00. The molecule has 6 heteroatoms. The Hall–Kier alpha value is -0.170. The zero-order valence-electron chi connectivity index (χ0n) is 10.2. The Kier molecular flexibility index (Phi) is 4.07. The monoisotopic (exact) mass is 261 g/mol. The third kappa shape index (κ3) is 4.54. The second-order valence-corrected chi connectivity index (χ2v) is 7.02. The third-order valence-corrected chi connectivity index (χ3v) is 4.78. The van der Waals surface area contributed by atoms with Gasteiger partial charge in [0.25, 0.3) is 10.2 Å². The van der Waals surface area contributed by atoms with Gasteiger partial charge in [0, 0.05) is 18.1 Å². The highest BCUT2D eigenvalue weighted by atomic mass is 32.2. The average molecular weight is 261 g/mol. The highest BCUT2D eigenvalue weighted by Crippen LogP contribution is 2.24. The molecule has 0 aromatic heterocycles. The molecule has 0 atom stereocenters. The lowest BCUT2D eigenvalue weighted by molar-refractivity contribution is 0.368. The number of hydrogen-bond acceptors (Lipinski definition) is 3. The van der Waals surface area contributed by atoms with Crippen molar-refractivity contribution in [2.75, 3.05) is 6.54 Å². The lowest BCUT2D eigenvalue weighted by Crippen LogP contribution is -2.52. The van der Waals surface area contributed by atoms with Gasteiger partial charge in [-0.2, -0.15) is 13.1 Å². The first-order valence-electron chi connectivity index (χ1n) is 6.55. The van der Waals surface area contributed by atoms with E-state index in [0.29, 0.717) is 6.54 Å². The Bertz CT molecular complexity index is 344. The normalized spacial score (nSPS) is 25.5. The lowest BCUT2D eigenvalue weighted by Gasteiger charge is -2.28. The van der Waals surface area contributed by atoms with E-state index >= 15 is 0 Å². The second kappa shape index (κ2) is 5.22. The van der Waals surface area contributed by atoms with Crippen LogP contribution >= 0.6 is 0 Å². The van der Waals surface area contributed by atoms with Crippen molar-refractivity contribution in [1.82, 2.24) is 9.44 Å². The van der Waals surface area contributed by atoms with Crippen molar-refractivity contribution in [3.05, 3.63) is 0 Å². The van der Waals surface area contributed by atoms with E-state index < -0.39 is 10.2 Å². The van der Waals surface area contributed by atoms with E-state index in [1.165, 1.54) is 12.8 Å². The van der Waals surface area contributed by atoms with E-state index in [4.69, 9.17) is 5.73 Å². The van der Waals surface area contributed by atoms with Gasteiger partial charge in [-0.25, -0.2) is 4.72 Å². The minimum Gasteiger partial charge on any atom is -0.324 e. The molecule has 0 unspecified atom stereocenters. The highest BCUT2D eigenvalue weighted by Gasteiger charge is 2.30. The molecule has 0 amide bonds. The Morgan fingerprint density at radius 1 is 1.12 bits per heavy atom. The smallest absolute Gasteiger partial charge is 0.277 e. The van der Waals surface area contributed by atoms with Crippen LogP contribution in [0.3, 0.4) is 0 Å². The van der Waals surface area contributed by atoms with Crippen LogP contribution < -0.4 is 15.2 Å². The molecule has 0 heterocycles. The fourth-order valence-electron chi connectivity index (χ4n) is 2.31. The number of nitrogens with two attached hydrogens (primary N) is 1. The Morgan fingerprint density at radius 2 is 1.71 bits per heavy atom. The Labute approximate surface area is 104 Å². The highest BCUT2D eigenvalue weighted by molar-refractivity contribution is 7.87. The van der Waals surface area contributed by atoms with Crippen LogP contribution in [-0.2, 0) is 10.2 Å². The molecule has 2 aliphatic rings. The number of hydrogen-bond donors (Lipinski definition) is 3. The summed E-state index contributed by atoms with van der Waals surface area (Å²) in [5, 5.41) is 0. The van der Waals surface area contributed by atoms with E-state index in [2.05, 4.69) is 9.44 Å². The summed E-state index contributed by atoms with van der Waals surface area (Å²) in [5.41, 5.74) is 5.91. The summed E-state index contributed by atoms with van der Waals surface area (Å²) in [5.74, 6) is 0. The average Bonchev–Trinajstić information content (AvgIpc) is 3.05. The first kappa shape index (κ1) is 13.3. The lowest BCUT2D eigenvalue weighted by atomic mass is 9.92. The minimum absolute atomic E-state index is 0.148. The van der Waals surface area contributed by atoms with Crippen LogP contribution in [0.15, 0.2) is 0 Å². The van der Waals surface area contributed by atoms with E-state index in [0.717, 1.165) is 38.5 Å². The first-order valence-corrected chi connectivity index (χ1v) is 8.03. The van der Waals surface area contributed by atoms with Gasteiger partial charge in [0.1, 0.15) is 0 Å². The van der Waals surface area contributed by atoms with Crippen LogP contribution in [0.1, 0.15) is 51.4 Å². The molecule has 5 nitrogen and oxygen atoms in total. The molecule has 0 aromatic carbocycles. The van der Waals surface area contributed by atoms with Crippen molar-refractivity contribution in [3.63, 3.8) is 0 Å². The number of nitrogens with one attached hydrogen (secondary N) is 2. The van der Waals surface area contributed by atoms with Gasteiger partial charge in [0.15, 0.2) is 0 Å². The topological polar surface area (TPSA) is 84.2 Å². The van der Waals surface area contributed by atoms with Gasteiger partial charge in [-0.15, -0.1) is 0 Å². The zero-order chi connectivity index (χ0) is 12.4. The molecule has 2 aliphatic carbocycles. The van der Waals surface area contributed by atoms with Gasteiger partial charge in [-0.05, 0) is 25.7 Å². The summed E-state index contributed by atoms with van der Waals surface area (Å²) in [6.07, 6.45) is 8.38. The van der Waals surface area contributed by atoms with Crippen molar-refractivity contribution in [2.45, 2.75) is 62.9 Å². The summed E-state index contributed by atoms with van der Waals surface area (Å²) in [7, 11) is -3.35. The van der Waals surface area contributed by atoms with E-state index in [-0.39, 0.29) is 11.6 Å². The SMILES string of the molecule is NC1(CNS(=O)(=O)NC2CC2)CCCCCC1. The summed E-state index contributed by atoms with van der Waals surface area (Å²) < 4.78 is 28.6. The Morgan fingerprint density at radius 3 is 2.24 bits per heavy atom. The molecule has 4 N–H and O–H groups in total. The van der Waals surface area contributed by atoms with Crippen LogP contribution in [0.5, 0.6) is 0 Å². The fourth-order valence-corrected chi connectivity index (χ4v) is 3.55. The van der Waals surface area contributed by atoms with Crippen LogP contribution in [-0.4, -0.2) is 26.5 Å². The van der Waals surface area contributed by atoms with E-state index in [9.17, 15) is 8.42 Å². The van der Waals surface area contributed by atoms with Gasteiger partial charge in [-0.1, -0.05) is 25.7 Å². The maximum atomic E-state index is 11.7. The van der Waals surface area contributed by atoms with Crippen LogP contribution in [0.4, 0.5) is 0 Å². The maximum Gasteiger partial charge on any atom is 0.277 e. The summed E-state index contributed by atoms with van der Waals surface area (Å²) in [6, 6.07) is 0.148. The molecular formula is C11H23N3O2S. The quantitative estimate of drug-likeness (QED) is 0.634. The zero-order valence-corrected chi connectivity index (χ0v) is 11.1. The molecule has 0 aromatic rings. The minimum atomic E-state index is -3.35. The molecule has 0 saturated heterocycles. The van der Waals surface area contributed by atoms with Crippen molar-refractivity contribution < 1.29 is 8.42 Å². The summed E-state index contributed by atoms with van der Waals surface area (Å²) in [6.45, 7) is 0.356. The summed E-state index contributed by atoms with van der Waals surface area (Å²) in [4.78, 5) is 0. The molecule has 2 fully saturated rings. The standard InChI is InChI=1S/C11H23N3O2S/c12-11(7-3-1-2-4-8-11)9-13-17(15,16)14-10-5-6-10/h10,13-14H,1-9,12H2. The largest absolute Gasteiger partial charge is 0.324 e. The Balaban J connectivity index is 1.82. The predicted molar refractivity (Wildman–Crippen MR) is 67.7 cm³/mol. The first-order chi connectivity index (χ1) is 7.99. The molecule has 0 bridgehead atoms. The molecular weight excluding hydrogens is 238 g/mol. The van der Waals surface area contributed by atoms with Crippen LogP contribution in [0, 0.1) is 0 Å². The van der Waals surface area contributed by atoms with Crippen LogP contribution in [0.2, 0.25) is 0 Å². The third-order valence-electron chi connectivity index (χ3n) is 3.61. The molecule has 0 aliphatic heterocycles. The van der Waals surface area contributed by atoms with Gasteiger partial charge >= 0.3 is 0 Å². The van der Waals surface area contributed by atoms with Gasteiger partial charge in [0.05, 0.1) is 0 Å². The molecule has 0 radical (unpaired) electrons. The molecule has 2 saturated carbocycles. The summed E-state index contributed by atoms with van der Waals surface area (Å²) >= 11 is 0. The maximum absolute atomic E-state index is 11.7. The molecule has 0 spiro atoms. The van der Waals surface area contributed by atoms with Gasteiger partial charge in [0.2, 0.25) is 0 Å². The van der Waals surface area contributed by atoms with Crippen molar-refractivity contribution in [2.24, 2.45) is 5.73 Å². The second-order valence-electron chi connectivity index (χ2n) is 5.49. The van der Waals surface area contributed by atoms with Crippen LogP contribution in [0.25, 0.3) is 0 Å². The molecule has 17 heavy (non-hydrogen) atoms. The van der Waals surface area contributed by atoms with Crippen molar-refractivity contribution >= 4 is 10.2 Å². The van der Waals surface area contributed by atoms with E-state index in [1.54, 1.807) is 0 Å². The predicted octanol–water partition coefficient (Wildman–Crippen LogP) is 0.624. The van der Waals surface area contributed by atoms with Gasteiger partial charge in [-0.3, -0.25) is 0 Å². The molecule has 2 rings (SSSR count). The molecule has 100 valence electrons. The van der Waals surface area contributed by atoms with Crippen molar-refractivity contribution in [3.8, 4) is 0 Å². The van der Waals surface area contributed by atoms with E-state index in [1.807, 2.05) is 0 Å². The van der Waals surface area contributed by atoms with Crippen molar-refractivity contribution in [1.29, 1.82) is 0 Å². The number of rotatable bonds is 5.